The zero-order valence-electron chi connectivity index (χ0n) is 16.3. The minimum absolute atomic E-state index is 0.0204. The van der Waals surface area contributed by atoms with Gasteiger partial charge >= 0.3 is 6.18 Å². The highest BCUT2D eigenvalue weighted by Gasteiger charge is 2.63. The van der Waals surface area contributed by atoms with Crippen molar-refractivity contribution in [3.05, 3.63) is 36.0 Å². The van der Waals surface area contributed by atoms with Gasteiger partial charge in [0.2, 0.25) is 11.9 Å². The van der Waals surface area contributed by atoms with Crippen LogP contribution in [0.25, 0.3) is 0 Å². The number of nitrogens with zero attached hydrogens (tertiary/aromatic N) is 3. The van der Waals surface area contributed by atoms with Crippen molar-refractivity contribution in [3.63, 3.8) is 0 Å². The first-order chi connectivity index (χ1) is 14.2. The van der Waals surface area contributed by atoms with E-state index in [0.29, 0.717) is 29.0 Å². The Labute approximate surface area is 174 Å². The van der Waals surface area contributed by atoms with Crippen molar-refractivity contribution < 1.29 is 22.5 Å². The zero-order valence-corrected chi connectivity index (χ0v) is 17.1. The molecule has 0 radical (unpaired) electrons. The predicted octanol–water partition coefficient (Wildman–Crippen LogP) is 3.18. The highest BCUT2D eigenvalue weighted by molar-refractivity contribution is 7.89. The molecule has 1 spiro atoms. The number of amides is 1. The Bertz CT molecular complexity index is 966. The maximum atomic E-state index is 13.6. The molecular weight excluding hydrogens is 419 g/mol. The monoisotopic (exact) mass is 439 g/mol. The van der Waals surface area contributed by atoms with Gasteiger partial charge < -0.3 is 9.87 Å². The first-order valence-electron chi connectivity index (χ1n) is 9.45. The van der Waals surface area contributed by atoms with Gasteiger partial charge in [-0.25, -0.2) is 4.98 Å². The molecular formula is C19H20F3N5O2S. The summed E-state index contributed by atoms with van der Waals surface area (Å²) in [6, 6.07) is 4.69. The first-order valence-corrected chi connectivity index (χ1v) is 10.6. The van der Waals surface area contributed by atoms with Crippen molar-refractivity contribution in [1.29, 1.82) is 0 Å². The van der Waals surface area contributed by atoms with E-state index >= 15 is 0 Å². The number of benzene rings is 1. The third-order valence-electron chi connectivity index (χ3n) is 5.48. The molecule has 2 aliphatic rings. The van der Waals surface area contributed by atoms with Gasteiger partial charge in [-0.05, 0) is 43.5 Å². The third-order valence-corrected chi connectivity index (χ3v) is 6.55. The Morgan fingerprint density at radius 2 is 1.97 bits per heavy atom. The van der Waals surface area contributed by atoms with Gasteiger partial charge in [-0.15, -0.1) is 4.72 Å². The minimum Gasteiger partial charge on any atom is -0.593 e. The zero-order chi connectivity index (χ0) is 21.7. The van der Waals surface area contributed by atoms with Crippen molar-refractivity contribution in [1.82, 2.24) is 14.7 Å². The first kappa shape index (κ1) is 20.9. The summed E-state index contributed by atoms with van der Waals surface area (Å²) < 4.78 is 55.2. The number of anilines is 3. The highest BCUT2D eigenvalue weighted by atomic mass is 32.2. The average Bonchev–Trinajstić information content (AvgIpc) is 3.48. The maximum Gasteiger partial charge on any atom is 0.409 e. The number of fused-ring (bicyclic) bond motifs is 2. The smallest absolute Gasteiger partial charge is 0.409 e. The fraction of sp³-hybridized carbons (Fsp3) is 0.421. The molecule has 1 fully saturated rings. The number of alkyl halides is 3. The van der Waals surface area contributed by atoms with E-state index in [1.165, 1.54) is 13.1 Å². The van der Waals surface area contributed by atoms with Crippen molar-refractivity contribution in [2.75, 3.05) is 17.3 Å². The normalized spacial score (nSPS) is 19.0. The van der Waals surface area contributed by atoms with Crippen molar-refractivity contribution in [3.8, 4) is 0 Å². The largest absolute Gasteiger partial charge is 0.593 e. The van der Waals surface area contributed by atoms with E-state index in [0.717, 1.165) is 4.90 Å². The van der Waals surface area contributed by atoms with Gasteiger partial charge in [-0.1, -0.05) is 6.92 Å². The molecule has 2 aromatic rings. The fourth-order valence-electron chi connectivity index (χ4n) is 3.76. The second kappa shape index (κ2) is 7.40. The molecule has 1 aliphatic carbocycles. The van der Waals surface area contributed by atoms with Crippen LogP contribution in [-0.2, 0) is 21.6 Å². The van der Waals surface area contributed by atoms with Crippen LogP contribution in [0.3, 0.4) is 0 Å². The Balaban J connectivity index is 1.66. The van der Waals surface area contributed by atoms with Crippen LogP contribution >= 0.6 is 0 Å². The highest BCUT2D eigenvalue weighted by Crippen LogP contribution is 2.58. The molecule has 1 aliphatic heterocycles. The molecule has 2 atom stereocenters. The maximum absolute atomic E-state index is 13.6. The number of hydrogen-bond acceptors (Lipinski definition) is 6. The molecule has 0 bridgehead atoms. The topological polar surface area (TPSA) is 93.2 Å². The number of hydrogen-bond donors (Lipinski definition) is 2. The molecule has 1 saturated carbocycles. The van der Waals surface area contributed by atoms with Gasteiger partial charge in [-0.2, -0.15) is 18.2 Å². The predicted molar refractivity (Wildman–Crippen MR) is 106 cm³/mol. The second-order valence-electron chi connectivity index (χ2n) is 7.28. The lowest BCUT2D eigenvalue weighted by atomic mass is 10.0. The van der Waals surface area contributed by atoms with Crippen LogP contribution in [0.2, 0.25) is 0 Å². The molecule has 7 nitrogen and oxygen atoms in total. The lowest BCUT2D eigenvalue weighted by Crippen LogP contribution is -2.49. The molecule has 30 heavy (non-hydrogen) atoms. The second-order valence-corrected chi connectivity index (χ2v) is 8.69. The molecule has 11 heteroatoms. The number of aromatic nitrogens is 2. The quantitative estimate of drug-likeness (QED) is 0.672. The fourth-order valence-corrected chi connectivity index (χ4v) is 4.38. The van der Waals surface area contributed by atoms with E-state index in [1.807, 2.05) is 0 Å². The summed E-state index contributed by atoms with van der Waals surface area (Å²) in [5, 5.41) is 2.94. The van der Waals surface area contributed by atoms with Crippen LogP contribution in [0, 0.1) is 0 Å². The van der Waals surface area contributed by atoms with E-state index in [1.54, 1.807) is 31.3 Å². The van der Waals surface area contributed by atoms with Crippen molar-refractivity contribution in [2.24, 2.45) is 0 Å². The standard InChI is InChI=1S/C19H20F3N5O2S/c1-3-14(19(20,21)22)27-15-13(18(8-9-18)16(27)28)10-24-17(26-15)25-11-4-6-12(7-5-11)30(29)23-2/h4-7,10,14,23H,3,8-9H2,1-2H3,(H,24,25,26). The number of halogens is 3. The SMILES string of the molecule is CCC(N1C(=O)C2(CC2)c2cnc(Nc3ccc([S+]([O-])NC)cc3)nc21)C(F)(F)F. The third kappa shape index (κ3) is 3.40. The molecule has 1 aromatic carbocycles. The Hall–Kier alpha value is -2.37. The van der Waals surface area contributed by atoms with Crippen LogP contribution in [-0.4, -0.2) is 39.7 Å². The van der Waals surface area contributed by atoms with Crippen LogP contribution in [0.4, 0.5) is 30.6 Å². The van der Waals surface area contributed by atoms with E-state index in [-0.39, 0.29) is 18.2 Å². The van der Waals surface area contributed by atoms with Gasteiger partial charge in [0, 0.05) is 24.5 Å². The number of nitrogens with one attached hydrogen (secondary N) is 2. The van der Waals surface area contributed by atoms with Gasteiger partial charge in [0.1, 0.15) is 11.9 Å². The number of rotatable bonds is 6. The summed E-state index contributed by atoms with van der Waals surface area (Å²) >= 11 is -1.33. The molecule has 1 aromatic heterocycles. The van der Waals surface area contributed by atoms with E-state index in [9.17, 15) is 22.5 Å². The van der Waals surface area contributed by atoms with Crippen molar-refractivity contribution >= 4 is 34.7 Å². The minimum atomic E-state index is -4.56. The number of carbonyl (C=O) groups is 1. The number of carbonyl (C=O) groups excluding carboxylic acids is 1. The summed E-state index contributed by atoms with van der Waals surface area (Å²) in [6.07, 6.45) is -2.36. The Kier molecular flexibility index (Phi) is 5.15. The summed E-state index contributed by atoms with van der Waals surface area (Å²) in [6.45, 7) is 1.40. The van der Waals surface area contributed by atoms with Crippen LogP contribution in [0.1, 0.15) is 31.7 Å². The molecule has 1 amide bonds. The van der Waals surface area contributed by atoms with Crippen molar-refractivity contribution in [2.45, 2.75) is 48.7 Å². The summed E-state index contributed by atoms with van der Waals surface area (Å²) in [5.74, 6) is -0.442. The molecule has 160 valence electrons. The summed E-state index contributed by atoms with van der Waals surface area (Å²) in [5.41, 5.74) is 0.123. The van der Waals surface area contributed by atoms with Gasteiger partial charge in [0.15, 0.2) is 4.90 Å². The van der Waals surface area contributed by atoms with E-state index < -0.39 is 34.9 Å². The van der Waals surface area contributed by atoms with Gasteiger partial charge in [0.25, 0.3) is 0 Å². The molecule has 0 saturated heterocycles. The Morgan fingerprint density at radius 3 is 2.50 bits per heavy atom. The van der Waals surface area contributed by atoms with Gasteiger partial charge in [-0.3, -0.25) is 9.69 Å². The van der Waals surface area contributed by atoms with E-state index in [2.05, 4.69) is 20.0 Å². The average molecular weight is 439 g/mol. The molecule has 2 unspecified atom stereocenters. The molecule has 2 N–H and O–H groups in total. The lowest BCUT2D eigenvalue weighted by Gasteiger charge is -2.29. The summed E-state index contributed by atoms with van der Waals surface area (Å²) in [4.78, 5) is 22.8. The van der Waals surface area contributed by atoms with Crippen LogP contribution < -0.4 is 14.9 Å². The van der Waals surface area contributed by atoms with Gasteiger partial charge in [0.05, 0.1) is 16.8 Å². The molecule has 2 heterocycles. The van der Waals surface area contributed by atoms with Crippen LogP contribution in [0.15, 0.2) is 35.4 Å². The summed E-state index contributed by atoms with van der Waals surface area (Å²) in [7, 11) is 1.57. The lowest BCUT2D eigenvalue weighted by molar-refractivity contribution is -0.154. The molecule has 4 rings (SSSR count). The van der Waals surface area contributed by atoms with Crippen LogP contribution in [0.5, 0.6) is 0 Å². The van der Waals surface area contributed by atoms with E-state index in [4.69, 9.17) is 0 Å². The Morgan fingerprint density at radius 1 is 1.30 bits per heavy atom.